The summed E-state index contributed by atoms with van der Waals surface area (Å²) in [5.74, 6) is -4.08. The second-order valence-corrected chi connectivity index (χ2v) is 10.7. The van der Waals surface area contributed by atoms with E-state index in [1.165, 1.54) is 42.1 Å². The number of benzene rings is 2. The van der Waals surface area contributed by atoms with Crippen LogP contribution in [0.15, 0.2) is 36.5 Å². The first-order chi connectivity index (χ1) is 20.7. The van der Waals surface area contributed by atoms with Gasteiger partial charge in [0, 0.05) is 50.4 Å². The summed E-state index contributed by atoms with van der Waals surface area (Å²) < 4.78 is 47.0. The Bertz CT molecular complexity index is 1540. The summed E-state index contributed by atoms with van der Waals surface area (Å²) in [6.45, 7) is 2.05. The number of hydrogen-bond acceptors (Lipinski definition) is 6. The van der Waals surface area contributed by atoms with Crippen LogP contribution in [0.5, 0.6) is 5.75 Å². The first kappa shape index (κ1) is 30.4. The third-order valence-electron chi connectivity index (χ3n) is 7.75. The smallest absolute Gasteiger partial charge is 0.291 e. The van der Waals surface area contributed by atoms with E-state index in [1.54, 1.807) is 4.90 Å². The molecule has 3 amide bonds. The minimum Gasteiger partial charge on any atom is -0.460 e. The van der Waals surface area contributed by atoms with Crippen LogP contribution in [0.3, 0.4) is 0 Å². The number of nitrogens with one attached hydrogen (secondary N) is 2. The molecule has 2 aliphatic heterocycles. The zero-order valence-electron chi connectivity index (χ0n) is 23.3. The average molecular weight is 619 g/mol. The number of imidazole rings is 1. The van der Waals surface area contributed by atoms with Gasteiger partial charge in [0.2, 0.25) is 18.6 Å². The van der Waals surface area contributed by atoms with E-state index in [4.69, 9.17) is 11.6 Å². The highest BCUT2D eigenvalue weighted by Gasteiger charge is 2.30. The molecule has 0 spiro atoms. The Kier molecular flexibility index (Phi) is 9.21. The predicted molar refractivity (Wildman–Crippen MR) is 153 cm³/mol. The molecule has 0 atom stereocenters. The molecule has 10 nitrogen and oxygen atoms in total. The summed E-state index contributed by atoms with van der Waals surface area (Å²) in [7, 11) is 1.45. The minimum atomic E-state index is -1.36. The number of carbonyl (C=O) groups excluding carboxylic acids is 3. The molecule has 0 radical (unpaired) electrons. The highest BCUT2D eigenvalue weighted by Crippen LogP contribution is 2.31. The van der Waals surface area contributed by atoms with Crippen molar-refractivity contribution in [3.05, 3.63) is 64.6 Å². The second kappa shape index (κ2) is 13.0. The van der Waals surface area contributed by atoms with Crippen molar-refractivity contribution >= 4 is 35.0 Å². The van der Waals surface area contributed by atoms with Crippen molar-refractivity contribution in [3.63, 3.8) is 0 Å². The number of aromatic nitrogens is 2. The minimum absolute atomic E-state index is 0.0252. The topological polar surface area (TPSA) is 109 Å². The Hall–Kier alpha value is -4.10. The monoisotopic (exact) mass is 618 g/mol. The van der Waals surface area contributed by atoms with Crippen molar-refractivity contribution in [2.45, 2.75) is 12.8 Å². The van der Waals surface area contributed by atoms with E-state index in [9.17, 15) is 27.6 Å². The molecular weight excluding hydrogens is 589 g/mol. The van der Waals surface area contributed by atoms with Crippen LogP contribution in [-0.2, 0) is 11.8 Å². The molecule has 14 heteroatoms. The van der Waals surface area contributed by atoms with Crippen molar-refractivity contribution in [1.29, 1.82) is 0 Å². The Morgan fingerprint density at radius 3 is 2.42 bits per heavy atom. The molecule has 2 saturated heterocycles. The maximum atomic E-state index is 14.6. The number of carbonyl (C=O) groups is 3. The lowest BCUT2D eigenvalue weighted by Crippen LogP contribution is -2.52. The maximum Gasteiger partial charge on any atom is 0.291 e. The third kappa shape index (κ3) is 6.32. The molecule has 43 heavy (non-hydrogen) atoms. The summed E-state index contributed by atoms with van der Waals surface area (Å²) in [5.41, 5.74) is 0.457. The first-order valence-corrected chi connectivity index (χ1v) is 14.2. The zero-order chi connectivity index (χ0) is 30.7. The maximum absolute atomic E-state index is 14.6. The van der Waals surface area contributed by atoms with Gasteiger partial charge in [-0.2, -0.15) is 4.39 Å². The van der Waals surface area contributed by atoms with E-state index >= 15 is 0 Å². The summed E-state index contributed by atoms with van der Waals surface area (Å²) in [6, 6.07) is 6.75. The van der Waals surface area contributed by atoms with E-state index in [2.05, 4.69) is 20.4 Å². The van der Waals surface area contributed by atoms with Crippen LogP contribution in [0.4, 0.5) is 18.9 Å². The lowest BCUT2D eigenvalue weighted by Gasteiger charge is -2.37. The molecule has 3 aromatic rings. The number of nitrogens with zero attached hydrogens (tertiary/aromatic N) is 4. The van der Waals surface area contributed by atoms with Crippen molar-refractivity contribution < 1.29 is 32.3 Å². The Morgan fingerprint density at radius 2 is 1.74 bits per heavy atom. The van der Waals surface area contributed by atoms with Crippen molar-refractivity contribution in [2.24, 2.45) is 13.0 Å². The lowest BCUT2D eigenvalue weighted by atomic mass is 9.96. The standard InChI is InChI=1S/C29H30ClF3N6O4/c1-37-22(20-4-5-23(43-16-31)25(33)24(20)32)15-35-26(37)27(40)36-18-2-3-19(21(30)14-18)29(42)39-12-10-38(11-13-39)28(41)17-6-8-34-9-7-17/h2-5,14-15,17,34H,6-13,16H2,1H3,(H,36,40). The fraction of sp³-hybridized carbons (Fsp3) is 0.379. The van der Waals surface area contributed by atoms with Gasteiger partial charge in [-0.1, -0.05) is 11.6 Å². The molecule has 2 fully saturated rings. The quantitative estimate of drug-likeness (QED) is 0.416. The van der Waals surface area contributed by atoms with Crippen molar-refractivity contribution in [1.82, 2.24) is 24.7 Å². The van der Waals surface area contributed by atoms with Gasteiger partial charge in [0.15, 0.2) is 17.4 Å². The number of rotatable bonds is 7. The highest BCUT2D eigenvalue weighted by atomic mass is 35.5. The molecule has 5 rings (SSSR count). The van der Waals surface area contributed by atoms with E-state index in [-0.39, 0.29) is 45.4 Å². The van der Waals surface area contributed by atoms with Gasteiger partial charge in [-0.05, 0) is 56.3 Å². The van der Waals surface area contributed by atoms with Gasteiger partial charge >= 0.3 is 0 Å². The van der Waals surface area contributed by atoms with E-state index in [0.717, 1.165) is 32.0 Å². The van der Waals surface area contributed by atoms with Crippen LogP contribution < -0.4 is 15.4 Å². The molecule has 0 unspecified atom stereocenters. The number of amides is 3. The number of hydrogen-bond donors (Lipinski definition) is 2. The average Bonchev–Trinajstić information content (AvgIpc) is 3.40. The number of halogens is 4. The molecule has 228 valence electrons. The second-order valence-electron chi connectivity index (χ2n) is 10.3. The van der Waals surface area contributed by atoms with Gasteiger partial charge in [-0.15, -0.1) is 0 Å². The summed E-state index contributed by atoms with van der Waals surface area (Å²) in [4.78, 5) is 46.5. The van der Waals surface area contributed by atoms with Gasteiger partial charge in [-0.3, -0.25) is 14.4 Å². The number of piperazine rings is 1. The van der Waals surface area contributed by atoms with Crippen LogP contribution in [0.25, 0.3) is 11.3 Å². The van der Waals surface area contributed by atoms with Crippen LogP contribution in [-0.4, -0.2) is 83.2 Å². The Morgan fingerprint density at radius 1 is 1.05 bits per heavy atom. The summed E-state index contributed by atoms with van der Waals surface area (Å²) in [6.07, 6.45) is 2.85. The number of piperidine rings is 1. The molecule has 3 heterocycles. The van der Waals surface area contributed by atoms with Crippen molar-refractivity contribution in [2.75, 3.05) is 51.4 Å². The van der Waals surface area contributed by atoms with Crippen LogP contribution in [0, 0.1) is 17.6 Å². The third-order valence-corrected chi connectivity index (χ3v) is 8.06. The molecular formula is C29H30ClF3N6O4. The van der Waals surface area contributed by atoms with Gasteiger partial charge in [0.25, 0.3) is 11.8 Å². The fourth-order valence-corrected chi connectivity index (χ4v) is 5.61. The fourth-order valence-electron chi connectivity index (χ4n) is 5.35. The largest absolute Gasteiger partial charge is 0.460 e. The summed E-state index contributed by atoms with van der Waals surface area (Å²) >= 11 is 6.44. The molecule has 0 bridgehead atoms. The van der Waals surface area contributed by atoms with Crippen LogP contribution in [0.1, 0.15) is 33.8 Å². The van der Waals surface area contributed by atoms with Crippen LogP contribution >= 0.6 is 11.6 Å². The molecule has 0 saturated carbocycles. The molecule has 0 aliphatic carbocycles. The molecule has 2 aliphatic rings. The van der Waals surface area contributed by atoms with Gasteiger partial charge in [0.05, 0.1) is 22.5 Å². The van der Waals surface area contributed by atoms with Gasteiger partial charge < -0.3 is 29.7 Å². The number of alkyl halides is 1. The lowest BCUT2D eigenvalue weighted by molar-refractivity contribution is -0.137. The van der Waals surface area contributed by atoms with E-state index in [1.807, 2.05) is 4.90 Å². The normalized spacial score (nSPS) is 15.8. The van der Waals surface area contributed by atoms with Crippen molar-refractivity contribution in [3.8, 4) is 17.0 Å². The van der Waals surface area contributed by atoms with Gasteiger partial charge in [0.1, 0.15) is 0 Å². The number of ether oxygens (including phenoxy) is 1. The molecule has 2 N–H and O–H groups in total. The molecule has 1 aromatic heterocycles. The summed E-state index contributed by atoms with van der Waals surface area (Å²) in [5, 5.41) is 6.03. The van der Waals surface area contributed by atoms with E-state index in [0.29, 0.717) is 31.9 Å². The van der Waals surface area contributed by atoms with Crippen LogP contribution in [0.2, 0.25) is 5.02 Å². The zero-order valence-corrected chi connectivity index (χ0v) is 24.1. The number of anilines is 1. The Balaban J connectivity index is 1.22. The molecule has 2 aromatic carbocycles. The van der Waals surface area contributed by atoms with Gasteiger partial charge in [-0.25, -0.2) is 13.8 Å². The predicted octanol–water partition coefficient (Wildman–Crippen LogP) is 3.86. The Labute approximate surface area is 250 Å². The SMILES string of the molecule is Cn1c(-c2ccc(OCF)c(F)c2F)cnc1C(=O)Nc1ccc(C(=O)N2CCN(C(=O)C3CCNCC3)CC2)c(Cl)c1. The first-order valence-electron chi connectivity index (χ1n) is 13.8. The highest BCUT2D eigenvalue weighted by molar-refractivity contribution is 6.34. The van der Waals surface area contributed by atoms with E-state index < -0.39 is 30.2 Å².